The maximum Gasteiger partial charge on any atom is 0.239 e. The number of carbonyl (C=O) groups excluding carboxylic acids is 1. The average molecular weight is 383 g/mol. The van der Waals surface area contributed by atoms with Gasteiger partial charge in [-0.3, -0.25) is 9.79 Å². The van der Waals surface area contributed by atoms with E-state index in [1.807, 2.05) is 30.3 Å². The Bertz CT molecular complexity index is 775. The molecule has 0 saturated heterocycles. The first-order chi connectivity index (χ1) is 13.6. The summed E-state index contributed by atoms with van der Waals surface area (Å²) in [6.45, 7) is 3.55. The Balaban J connectivity index is 1.68. The molecule has 0 fully saturated rings. The number of ether oxygens (including phenoxy) is 1. The SMILES string of the molecule is CN=C(NCCc1cc(C)ccc1OC)NCC(=O)NCCc1ccccc1. The summed E-state index contributed by atoms with van der Waals surface area (Å²) in [5.74, 6) is 1.43. The van der Waals surface area contributed by atoms with Gasteiger partial charge >= 0.3 is 0 Å². The highest BCUT2D eigenvalue weighted by Crippen LogP contribution is 2.19. The number of aliphatic imine (C=N–C) groups is 1. The van der Waals surface area contributed by atoms with Gasteiger partial charge in [-0.1, -0.05) is 48.0 Å². The second-order valence-corrected chi connectivity index (χ2v) is 6.50. The summed E-state index contributed by atoms with van der Waals surface area (Å²) in [6, 6.07) is 16.2. The highest BCUT2D eigenvalue weighted by Gasteiger charge is 2.06. The largest absolute Gasteiger partial charge is 0.496 e. The second-order valence-electron chi connectivity index (χ2n) is 6.50. The third kappa shape index (κ3) is 7.31. The van der Waals surface area contributed by atoms with Crippen molar-refractivity contribution >= 4 is 11.9 Å². The molecule has 0 aliphatic carbocycles. The van der Waals surface area contributed by atoms with Crippen molar-refractivity contribution in [3.8, 4) is 5.75 Å². The highest BCUT2D eigenvalue weighted by atomic mass is 16.5. The molecule has 0 radical (unpaired) electrons. The number of rotatable bonds is 9. The van der Waals surface area contributed by atoms with E-state index in [1.165, 1.54) is 11.1 Å². The lowest BCUT2D eigenvalue weighted by Gasteiger charge is -2.13. The Kier molecular flexibility index (Phi) is 8.85. The number of benzene rings is 2. The van der Waals surface area contributed by atoms with E-state index in [1.54, 1.807) is 14.2 Å². The number of amides is 1. The number of hydrogen-bond donors (Lipinski definition) is 3. The maximum absolute atomic E-state index is 12.0. The third-order valence-corrected chi connectivity index (χ3v) is 4.34. The van der Waals surface area contributed by atoms with E-state index in [0.717, 1.165) is 24.2 Å². The zero-order valence-corrected chi connectivity index (χ0v) is 16.9. The minimum absolute atomic E-state index is 0.0563. The first kappa shape index (κ1) is 21.3. The van der Waals surface area contributed by atoms with Crippen LogP contribution in [0.5, 0.6) is 5.75 Å². The van der Waals surface area contributed by atoms with Gasteiger partial charge in [0.05, 0.1) is 13.7 Å². The molecule has 6 nitrogen and oxygen atoms in total. The molecule has 1 amide bonds. The van der Waals surface area contributed by atoms with E-state index in [-0.39, 0.29) is 12.5 Å². The van der Waals surface area contributed by atoms with Crippen LogP contribution in [0.4, 0.5) is 0 Å². The molecule has 0 heterocycles. The predicted molar refractivity (Wildman–Crippen MR) is 114 cm³/mol. The van der Waals surface area contributed by atoms with Crippen molar-refractivity contribution in [1.82, 2.24) is 16.0 Å². The molecule has 2 aromatic carbocycles. The lowest BCUT2D eigenvalue weighted by molar-refractivity contribution is -0.119. The summed E-state index contributed by atoms with van der Waals surface area (Å²) in [5, 5.41) is 9.18. The van der Waals surface area contributed by atoms with Crippen molar-refractivity contribution in [2.75, 3.05) is 33.8 Å². The Morgan fingerprint density at radius 2 is 1.75 bits per heavy atom. The van der Waals surface area contributed by atoms with Gasteiger partial charge in [0.25, 0.3) is 0 Å². The monoisotopic (exact) mass is 382 g/mol. The molecule has 0 spiro atoms. The number of methoxy groups -OCH3 is 1. The van der Waals surface area contributed by atoms with Gasteiger partial charge in [0.15, 0.2) is 5.96 Å². The third-order valence-electron chi connectivity index (χ3n) is 4.34. The molecule has 6 heteroatoms. The van der Waals surface area contributed by atoms with Gasteiger partial charge in [-0.25, -0.2) is 0 Å². The summed E-state index contributed by atoms with van der Waals surface area (Å²) in [5.41, 5.74) is 3.55. The standard InChI is InChI=1S/C22H30N4O2/c1-17-9-10-20(28-3)19(15-17)12-14-25-22(23-2)26-16-21(27)24-13-11-18-7-5-4-6-8-18/h4-10,15H,11-14,16H2,1-3H3,(H,24,27)(H2,23,25,26). The molecular formula is C22H30N4O2. The number of guanidine groups is 1. The molecule has 0 aliphatic rings. The van der Waals surface area contributed by atoms with E-state index >= 15 is 0 Å². The summed E-state index contributed by atoms with van der Waals surface area (Å²) in [6.07, 6.45) is 1.62. The Labute approximate surface area is 167 Å². The lowest BCUT2D eigenvalue weighted by Crippen LogP contribution is -2.44. The van der Waals surface area contributed by atoms with Crippen LogP contribution in [0.15, 0.2) is 53.5 Å². The van der Waals surface area contributed by atoms with Crippen LogP contribution in [0.2, 0.25) is 0 Å². The van der Waals surface area contributed by atoms with Crippen LogP contribution in [0, 0.1) is 6.92 Å². The van der Waals surface area contributed by atoms with Crippen LogP contribution in [0.1, 0.15) is 16.7 Å². The number of aryl methyl sites for hydroxylation is 1. The molecule has 0 unspecified atom stereocenters. The van der Waals surface area contributed by atoms with Crippen LogP contribution in [0.25, 0.3) is 0 Å². The normalized spacial score (nSPS) is 11.0. The zero-order valence-electron chi connectivity index (χ0n) is 16.9. The predicted octanol–water partition coefficient (Wildman–Crippen LogP) is 2.07. The quantitative estimate of drug-likeness (QED) is 0.458. The Morgan fingerprint density at radius 1 is 1.00 bits per heavy atom. The molecule has 0 saturated carbocycles. The van der Waals surface area contributed by atoms with E-state index in [9.17, 15) is 4.79 Å². The van der Waals surface area contributed by atoms with Gasteiger partial charge in [-0.2, -0.15) is 0 Å². The molecule has 0 aromatic heterocycles. The maximum atomic E-state index is 12.0. The molecule has 2 rings (SSSR count). The van der Waals surface area contributed by atoms with Crippen LogP contribution in [-0.4, -0.2) is 45.7 Å². The summed E-state index contributed by atoms with van der Waals surface area (Å²) in [4.78, 5) is 16.2. The van der Waals surface area contributed by atoms with Gasteiger partial charge < -0.3 is 20.7 Å². The van der Waals surface area contributed by atoms with E-state index in [0.29, 0.717) is 19.0 Å². The van der Waals surface area contributed by atoms with Crippen molar-refractivity contribution in [3.63, 3.8) is 0 Å². The summed E-state index contributed by atoms with van der Waals surface area (Å²) >= 11 is 0. The smallest absolute Gasteiger partial charge is 0.239 e. The molecule has 3 N–H and O–H groups in total. The lowest BCUT2D eigenvalue weighted by atomic mass is 10.1. The van der Waals surface area contributed by atoms with Crippen LogP contribution < -0.4 is 20.7 Å². The van der Waals surface area contributed by atoms with Crippen molar-refractivity contribution in [2.24, 2.45) is 4.99 Å². The minimum Gasteiger partial charge on any atom is -0.496 e. The van der Waals surface area contributed by atoms with Crippen LogP contribution in [-0.2, 0) is 17.6 Å². The number of nitrogens with one attached hydrogen (secondary N) is 3. The van der Waals surface area contributed by atoms with Gasteiger partial charge in [-0.15, -0.1) is 0 Å². The van der Waals surface area contributed by atoms with E-state index in [4.69, 9.17) is 4.74 Å². The van der Waals surface area contributed by atoms with E-state index < -0.39 is 0 Å². The Hall–Kier alpha value is -3.02. The summed E-state index contributed by atoms with van der Waals surface area (Å²) < 4.78 is 5.41. The molecule has 2 aromatic rings. The van der Waals surface area contributed by atoms with Gasteiger partial charge in [0.1, 0.15) is 5.75 Å². The average Bonchev–Trinajstić information content (AvgIpc) is 2.71. The van der Waals surface area contributed by atoms with Crippen molar-refractivity contribution in [3.05, 3.63) is 65.2 Å². The van der Waals surface area contributed by atoms with Gasteiger partial charge in [0, 0.05) is 20.1 Å². The van der Waals surface area contributed by atoms with Crippen molar-refractivity contribution in [2.45, 2.75) is 19.8 Å². The molecule has 150 valence electrons. The minimum atomic E-state index is -0.0563. The fraction of sp³-hybridized carbons (Fsp3) is 0.364. The topological polar surface area (TPSA) is 74.8 Å². The molecular weight excluding hydrogens is 352 g/mol. The van der Waals surface area contributed by atoms with Crippen LogP contribution in [0.3, 0.4) is 0 Å². The van der Waals surface area contributed by atoms with Crippen molar-refractivity contribution in [1.29, 1.82) is 0 Å². The van der Waals surface area contributed by atoms with Gasteiger partial charge in [0.2, 0.25) is 5.91 Å². The Morgan fingerprint density at radius 3 is 2.46 bits per heavy atom. The molecule has 0 bridgehead atoms. The molecule has 28 heavy (non-hydrogen) atoms. The highest BCUT2D eigenvalue weighted by molar-refractivity contribution is 5.86. The first-order valence-electron chi connectivity index (χ1n) is 9.51. The van der Waals surface area contributed by atoms with Crippen molar-refractivity contribution < 1.29 is 9.53 Å². The molecule has 0 atom stereocenters. The summed E-state index contributed by atoms with van der Waals surface area (Å²) in [7, 11) is 3.37. The number of carbonyl (C=O) groups is 1. The van der Waals surface area contributed by atoms with Crippen LogP contribution >= 0.6 is 0 Å². The van der Waals surface area contributed by atoms with E-state index in [2.05, 4.69) is 46.1 Å². The first-order valence-corrected chi connectivity index (χ1v) is 9.51. The fourth-order valence-electron chi connectivity index (χ4n) is 2.86. The number of nitrogens with zero attached hydrogens (tertiary/aromatic N) is 1. The van der Waals surface area contributed by atoms with Gasteiger partial charge in [-0.05, 0) is 37.0 Å². The molecule has 0 aliphatic heterocycles. The second kappa shape index (κ2) is 11.6. The zero-order chi connectivity index (χ0) is 20.2. The fourth-order valence-corrected chi connectivity index (χ4v) is 2.86. The number of hydrogen-bond acceptors (Lipinski definition) is 3.